The number of benzene rings is 1. The van der Waals surface area contributed by atoms with Crippen LogP contribution < -0.4 is 5.32 Å². The number of piperidine rings is 1. The molecule has 0 saturated carbocycles. The van der Waals surface area contributed by atoms with Gasteiger partial charge in [0, 0.05) is 55.0 Å². The lowest BCUT2D eigenvalue weighted by Gasteiger charge is -2.36. The standard InChI is InChI=1S/C31H33N7O3/c1-2-41-31(40)36-19-14-22(15-20-36)26-8-6-18-38-28(26)34-30(35-38)33-25-12-10-23(11-13-25)29(39)37-17-4-3-9-27(37)24-7-5-16-32-21-24/h5-8,10-14,16,18,21,27H,2-4,9,15,17,19-20H2,1H3,(H,33,35). The molecule has 41 heavy (non-hydrogen) atoms. The number of hydrogen-bond donors (Lipinski definition) is 1. The van der Waals surface area contributed by atoms with Gasteiger partial charge in [0.1, 0.15) is 0 Å². The number of anilines is 2. The third kappa shape index (κ3) is 5.63. The first-order valence-electron chi connectivity index (χ1n) is 14.1. The summed E-state index contributed by atoms with van der Waals surface area (Å²) in [5.74, 6) is 0.497. The van der Waals surface area contributed by atoms with E-state index in [0.29, 0.717) is 37.6 Å². The first-order chi connectivity index (χ1) is 20.1. The van der Waals surface area contributed by atoms with E-state index in [1.165, 1.54) is 0 Å². The number of pyridine rings is 2. The summed E-state index contributed by atoms with van der Waals surface area (Å²) >= 11 is 0. The highest BCUT2D eigenvalue weighted by molar-refractivity contribution is 5.95. The maximum atomic E-state index is 13.5. The molecule has 0 radical (unpaired) electrons. The molecule has 10 nitrogen and oxygen atoms in total. The molecule has 1 unspecified atom stereocenters. The minimum atomic E-state index is -0.285. The van der Waals surface area contributed by atoms with Gasteiger partial charge in [-0.25, -0.2) is 9.31 Å². The zero-order valence-corrected chi connectivity index (χ0v) is 23.1. The monoisotopic (exact) mass is 551 g/mol. The molecule has 6 rings (SSSR count). The van der Waals surface area contributed by atoms with Crippen molar-refractivity contribution in [2.45, 2.75) is 38.6 Å². The first kappa shape index (κ1) is 26.5. The predicted octanol–water partition coefficient (Wildman–Crippen LogP) is 5.48. The molecule has 2 aliphatic rings. The van der Waals surface area contributed by atoms with Gasteiger partial charge in [-0.05, 0) is 86.2 Å². The van der Waals surface area contributed by atoms with E-state index in [0.717, 1.165) is 53.8 Å². The van der Waals surface area contributed by atoms with Crippen LogP contribution in [0.15, 0.2) is 73.2 Å². The van der Waals surface area contributed by atoms with Crippen LogP contribution in [0.25, 0.3) is 11.2 Å². The van der Waals surface area contributed by atoms with E-state index in [-0.39, 0.29) is 18.0 Å². The summed E-state index contributed by atoms with van der Waals surface area (Å²) in [7, 11) is 0. The number of nitrogens with one attached hydrogen (secondary N) is 1. The Morgan fingerprint density at radius 3 is 2.71 bits per heavy atom. The van der Waals surface area contributed by atoms with Gasteiger partial charge in [0.15, 0.2) is 5.65 Å². The van der Waals surface area contributed by atoms with Gasteiger partial charge < -0.3 is 19.9 Å². The van der Waals surface area contributed by atoms with Crippen molar-refractivity contribution in [2.75, 3.05) is 31.6 Å². The van der Waals surface area contributed by atoms with Gasteiger partial charge >= 0.3 is 6.09 Å². The van der Waals surface area contributed by atoms with Crippen LogP contribution in [0.3, 0.4) is 0 Å². The number of fused-ring (bicyclic) bond motifs is 1. The quantitative estimate of drug-likeness (QED) is 0.338. The molecular weight excluding hydrogens is 518 g/mol. The van der Waals surface area contributed by atoms with Crippen LogP contribution >= 0.6 is 0 Å². The zero-order valence-electron chi connectivity index (χ0n) is 23.1. The highest BCUT2D eigenvalue weighted by atomic mass is 16.6. The van der Waals surface area contributed by atoms with E-state index in [1.54, 1.807) is 15.6 Å². The van der Waals surface area contributed by atoms with Crippen LogP contribution in [-0.2, 0) is 4.74 Å². The van der Waals surface area contributed by atoms with Gasteiger partial charge in [-0.3, -0.25) is 9.78 Å². The third-order valence-corrected chi connectivity index (χ3v) is 7.66. The molecule has 1 aromatic carbocycles. The van der Waals surface area contributed by atoms with Crippen LogP contribution in [0.2, 0.25) is 0 Å². The summed E-state index contributed by atoms with van der Waals surface area (Å²) in [5.41, 5.74) is 5.38. The number of rotatable bonds is 6. The molecule has 0 bridgehead atoms. The van der Waals surface area contributed by atoms with Crippen molar-refractivity contribution in [1.29, 1.82) is 0 Å². The van der Waals surface area contributed by atoms with E-state index in [1.807, 2.05) is 72.7 Å². The van der Waals surface area contributed by atoms with Crippen LogP contribution in [0.1, 0.15) is 60.1 Å². The number of carbonyl (C=O) groups is 2. The minimum Gasteiger partial charge on any atom is -0.450 e. The Hall–Kier alpha value is -4.73. The van der Waals surface area contributed by atoms with E-state index >= 15 is 0 Å². The number of ether oxygens (including phenoxy) is 1. The fourth-order valence-corrected chi connectivity index (χ4v) is 5.59. The Morgan fingerprint density at radius 1 is 1.07 bits per heavy atom. The summed E-state index contributed by atoms with van der Waals surface area (Å²) in [6, 6.07) is 15.5. The van der Waals surface area contributed by atoms with E-state index in [4.69, 9.17) is 9.72 Å². The Kier molecular flexibility index (Phi) is 7.62. The molecule has 4 aromatic rings. The second-order valence-corrected chi connectivity index (χ2v) is 10.2. The average Bonchev–Trinajstić information content (AvgIpc) is 3.44. The summed E-state index contributed by atoms with van der Waals surface area (Å²) in [4.78, 5) is 38.2. The molecule has 210 valence electrons. The van der Waals surface area contributed by atoms with E-state index in [9.17, 15) is 9.59 Å². The molecule has 1 atom stereocenters. The number of hydrogen-bond acceptors (Lipinski definition) is 7. The number of aromatic nitrogens is 4. The Balaban J connectivity index is 1.16. The summed E-state index contributed by atoms with van der Waals surface area (Å²) in [6.45, 7) is 4.01. The second-order valence-electron chi connectivity index (χ2n) is 10.2. The lowest BCUT2D eigenvalue weighted by Crippen LogP contribution is -2.38. The maximum absolute atomic E-state index is 13.5. The minimum absolute atomic E-state index is 0.0304. The molecule has 2 aliphatic heterocycles. The molecular formula is C31H33N7O3. The van der Waals surface area contributed by atoms with Gasteiger partial charge in [-0.1, -0.05) is 12.1 Å². The number of amides is 2. The van der Waals surface area contributed by atoms with Crippen LogP contribution in [-0.4, -0.2) is 67.6 Å². The average molecular weight is 552 g/mol. The number of carbonyl (C=O) groups excluding carboxylic acids is 2. The molecule has 2 amide bonds. The van der Waals surface area contributed by atoms with Gasteiger partial charge in [0.05, 0.1) is 12.6 Å². The summed E-state index contributed by atoms with van der Waals surface area (Å²) in [5, 5.41) is 7.88. The van der Waals surface area contributed by atoms with E-state index < -0.39 is 0 Å². The number of likely N-dealkylation sites (tertiary alicyclic amines) is 1. The van der Waals surface area contributed by atoms with Crippen molar-refractivity contribution in [3.63, 3.8) is 0 Å². The molecule has 10 heteroatoms. The second kappa shape index (κ2) is 11.8. The molecule has 1 N–H and O–H groups in total. The predicted molar refractivity (Wildman–Crippen MR) is 156 cm³/mol. The molecule has 0 aliphatic carbocycles. The first-order valence-corrected chi connectivity index (χ1v) is 14.1. The van der Waals surface area contributed by atoms with Crippen LogP contribution in [0.5, 0.6) is 0 Å². The van der Waals surface area contributed by atoms with Gasteiger partial charge in [0.25, 0.3) is 5.91 Å². The van der Waals surface area contributed by atoms with Crippen molar-refractivity contribution >= 4 is 34.9 Å². The molecule has 5 heterocycles. The van der Waals surface area contributed by atoms with E-state index in [2.05, 4.69) is 21.5 Å². The van der Waals surface area contributed by atoms with Crippen LogP contribution in [0, 0.1) is 0 Å². The van der Waals surface area contributed by atoms with Gasteiger partial charge in [-0.15, -0.1) is 5.10 Å². The van der Waals surface area contributed by atoms with Crippen molar-refractivity contribution in [2.24, 2.45) is 0 Å². The highest BCUT2D eigenvalue weighted by Gasteiger charge is 2.29. The molecule has 1 saturated heterocycles. The highest BCUT2D eigenvalue weighted by Crippen LogP contribution is 2.32. The fourth-order valence-electron chi connectivity index (χ4n) is 5.59. The Labute approximate surface area is 238 Å². The van der Waals surface area contributed by atoms with Gasteiger partial charge in [-0.2, -0.15) is 4.98 Å². The fraction of sp³-hybridized carbons (Fsp3) is 0.323. The number of nitrogens with zero attached hydrogens (tertiary/aromatic N) is 6. The zero-order chi connectivity index (χ0) is 28.2. The Bertz CT molecular complexity index is 1570. The summed E-state index contributed by atoms with van der Waals surface area (Å²) < 4.78 is 6.88. The van der Waals surface area contributed by atoms with Gasteiger partial charge in [0.2, 0.25) is 5.95 Å². The normalized spacial score (nSPS) is 17.3. The topological polar surface area (TPSA) is 105 Å². The lowest BCUT2D eigenvalue weighted by molar-refractivity contribution is 0.0611. The maximum Gasteiger partial charge on any atom is 0.410 e. The van der Waals surface area contributed by atoms with Crippen molar-refractivity contribution in [1.82, 2.24) is 29.4 Å². The lowest BCUT2D eigenvalue weighted by atomic mass is 9.95. The Morgan fingerprint density at radius 2 is 1.95 bits per heavy atom. The third-order valence-electron chi connectivity index (χ3n) is 7.66. The van der Waals surface area contributed by atoms with Crippen molar-refractivity contribution in [3.05, 3.63) is 89.9 Å². The molecule has 1 fully saturated rings. The van der Waals surface area contributed by atoms with Crippen molar-refractivity contribution in [3.8, 4) is 0 Å². The smallest absolute Gasteiger partial charge is 0.410 e. The largest absolute Gasteiger partial charge is 0.450 e. The molecule has 3 aromatic heterocycles. The van der Waals surface area contributed by atoms with Crippen LogP contribution in [0.4, 0.5) is 16.4 Å². The van der Waals surface area contributed by atoms with Crippen molar-refractivity contribution < 1.29 is 14.3 Å². The SMILES string of the molecule is CCOC(=O)N1CC=C(c2cccn3nc(Nc4ccc(C(=O)N5CCCCC5c5cccnc5)cc4)nc23)CC1. The molecule has 0 spiro atoms. The summed E-state index contributed by atoms with van der Waals surface area (Å²) in [6.07, 6.45) is 11.0.